The highest BCUT2D eigenvalue weighted by atomic mass is 35.5. The molecule has 0 spiro atoms. The lowest BCUT2D eigenvalue weighted by molar-refractivity contribution is -0.146. The molecule has 1 aliphatic carbocycles. The minimum atomic E-state index is -0.430. The first-order valence-corrected chi connectivity index (χ1v) is 12.0. The second kappa shape index (κ2) is 9.89. The molecule has 176 valence electrons. The van der Waals surface area contributed by atoms with E-state index >= 15 is 0 Å². The quantitative estimate of drug-likeness (QED) is 0.459. The van der Waals surface area contributed by atoms with Gasteiger partial charge in [-0.3, -0.25) is 0 Å². The van der Waals surface area contributed by atoms with Crippen LogP contribution in [0.3, 0.4) is 0 Å². The van der Waals surface area contributed by atoms with Crippen LogP contribution in [0.15, 0.2) is 66.1 Å². The summed E-state index contributed by atoms with van der Waals surface area (Å²) >= 11 is 5.95. The van der Waals surface area contributed by atoms with Gasteiger partial charge < -0.3 is 14.8 Å². The van der Waals surface area contributed by atoms with Gasteiger partial charge in [0.25, 0.3) is 0 Å². The van der Waals surface area contributed by atoms with Gasteiger partial charge in [0.2, 0.25) is 5.95 Å². The Morgan fingerprint density at radius 2 is 1.82 bits per heavy atom. The maximum absolute atomic E-state index is 13.3. The van der Waals surface area contributed by atoms with E-state index < -0.39 is 6.04 Å². The van der Waals surface area contributed by atoms with E-state index in [-0.39, 0.29) is 12.1 Å². The third kappa shape index (κ3) is 4.80. The number of benzene rings is 2. The number of fused-ring (bicyclic) bond motifs is 1. The summed E-state index contributed by atoms with van der Waals surface area (Å²) in [6.45, 7) is 2.32. The summed E-state index contributed by atoms with van der Waals surface area (Å²) in [6.07, 6.45) is 6.71. The number of nitrogens with one attached hydrogen (secondary N) is 1. The number of rotatable bonds is 6. The van der Waals surface area contributed by atoms with Crippen LogP contribution in [-0.2, 0) is 16.1 Å². The van der Waals surface area contributed by atoms with Gasteiger partial charge in [0.15, 0.2) is 0 Å². The van der Waals surface area contributed by atoms with E-state index in [0.29, 0.717) is 23.2 Å². The molecule has 2 heterocycles. The molecule has 2 aromatic carbocycles. The molecule has 1 atom stereocenters. The van der Waals surface area contributed by atoms with Crippen molar-refractivity contribution in [1.82, 2.24) is 14.8 Å². The molecule has 1 unspecified atom stereocenters. The van der Waals surface area contributed by atoms with E-state index in [2.05, 4.69) is 15.4 Å². The number of halogens is 1. The number of hydrogen-bond acceptors (Lipinski definition) is 6. The summed E-state index contributed by atoms with van der Waals surface area (Å²) < 4.78 is 13.6. The van der Waals surface area contributed by atoms with Gasteiger partial charge >= 0.3 is 5.97 Å². The molecule has 0 saturated heterocycles. The molecule has 5 rings (SSSR count). The number of ether oxygens (including phenoxy) is 2. The second-order valence-electron chi connectivity index (χ2n) is 8.74. The minimum Gasteiger partial charge on any atom is -0.489 e. The van der Waals surface area contributed by atoms with Crippen LogP contribution < -0.4 is 10.1 Å². The average molecular weight is 479 g/mol. The number of carbonyl (C=O) groups is 1. The highest BCUT2D eigenvalue weighted by Gasteiger charge is 2.35. The van der Waals surface area contributed by atoms with Crippen LogP contribution in [0.1, 0.15) is 56.2 Å². The van der Waals surface area contributed by atoms with Crippen LogP contribution >= 0.6 is 11.6 Å². The zero-order valence-corrected chi connectivity index (χ0v) is 19.8. The summed E-state index contributed by atoms with van der Waals surface area (Å²) in [4.78, 5) is 17.6. The van der Waals surface area contributed by atoms with E-state index in [1.807, 2.05) is 55.5 Å². The summed E-state index contributed by atoms with van der Waals surface area (Å²) in [5.74, 6) is 1.03. The van der Waals surface area contributed by atoms with Crippen molar-refractivity contribution in [1.29, 1.82) is 0 Å². The Morgan fingerprint density at radius 3 is 2.56 bits per heavy atom. The topological polar surface area (TPSA) is 78.3 Å². The number of aromatic nitrogens is 3. The summed E-state index contributed by atoms with van der Waals surface area (Å²) in [5.41, 5.74) is 3.22. The van der Waals surface area contributed by atoms with E-state index in [1.165, 1.54) is 12.7 Å². The predicted molar refractivity (Wildman–Crippen MR) is 130 cm³/mol. The third-order valence-electron chi connectivity index (χ3n) is 6.35. The number of allylic oxidation sites excluding steroid dienone is 1. The molecule has 1 fully saturated rings. The lowest BCUT2D eigenvalue weighted by Gasteiger charge is -2.30. The predicted octanol–water partition coefficient (Wildman–Crippen LogP) is 5.68. The van der Waals surface area contributed by atoms with Gasteiger partial charge in [-0.25, -0.2) is 9.48 Å². The van der Waals surface area contributed by atoms with Crippen molar-refractivity contribution in [2.75, 3.05) is 5.32 Å². The van der Waals surface area contributed by atoms with Crippen molar-refractivity contribution >= 4 is 23.5 Å². The SMILES string of the molecule is CC1=C(C(=O)OC2CCCCC2)C(c2ccc(OCc3ccc(Cl)cc3)cc2)n2ncnc2N1. The molecule has 1 aromatic heterocycles. The van der Waals surface area contributed by atoms with Gasteiger partial charge in [-0.05, 0) is 68.0 Å². The van der Waals surface area contributed by atoms with Crippen molar-refractivity contribution in [2.45, 2.75) is 57.8 Å². The van der Waals surface area contributed by atoms with Gasteiger partial charge in [-0.15, -0.1) is 0 Å². The first-order valence-electron chi connectivity index (χ1n) is 11.6. The van der Waals surface area contributed by atoms with E-state index in [9.17, 15) is 4.79 Å². The molecule has 3 aromatic rings. The van der Waals surface area contributed by atoms with Crippen molar-refractivity contribution < 1.29 is 14.3 Å². The van der Waals surface area contributed by atoms with Crippen LogP contribution in [0.4, 0.5) is 5.95 Å². The van der Waals surface area contributed by atoms with Crippen LogP contribution in [-0.4, -0.2) is 26.8 Å². The van der Waals surface area contributed by atoms with Crippen LogP contribution in [0.2, 0.25) is 5.02 Å². The molecule has 1 aliphatic heterocycles. The molecule has 7 nitrogen and oxygen atoms in total. The van der Waals surface area contributed by atoms with Crippen LogP contribution in [0, 0.1) is 0 Å². The molecule has 1 saturated carbocycles. The smallest absolute Gasteiger partial charge is 0.338 e. The van der Waals surface area contributed by atoms with Crippen molar-refractivity contribution in [3.8, 4) is 5.75 Å². The Bertz CT molecular complexity index is 1180. The Labute approximate surface area is 203 Å². The maximum Gasteiger partial charge on any atom is 0.338 e. The van der Waals surface area contributed by atoms with Gasteiger partial charge in [-0.1, -0.05) is 42.3 Å². The molecule has 0 radical (unpaired) electrons. The summed E-state index contributed by atoms with van der Waals surface area (Å²) in [5, 5.41) is 8.29. The Balaban J connectivity index is 1.37. The first-order chi connectivity index (χ1) is 16.6. The van der Waals surface area contributed by atoms with Crippen molar-refractivity contribution in [3.05, 3.63) is 82.3 Å². The number of carbonyl (C=O) groups excluding carboxylic acids is 1. The molecule has 0 bridgehead atoms. The Kier molecular flexibility index (Phi) is 6.54. The van der Waals surface area contributed by atoms with Crippen LogP contribution in [0.5, 0.6) is 5.75 Å². The highest BCUT2D eigenvalue weighted by Crippen LogP contribution is 2.36. The Morgan fingerprint density at radius 1 is 1.09 bits per heavy atom. The monoisotopic (exact) mass is 478 g/mol. The fourth-order valence-corrected chi connectivity index (χ4v) is 4.68. The summed E-state index contributed by atoms with van der Waals surface area (Å²) in [6, 6.07) is 14.9. The highest BCUT2D eigenvalue weighted by molar-refractivity contribution is 6.30. The molecular formula is C26H27ClN4O3. The van der Waals surface area contributed by atoms with E-state index in [1.54, 1.807) is 4.68 Å². The van der Waals surface area contributed by atoms with Gasteiger partial charge in [-0.2, -0.15) is 10.1 Å². The van der Waals surface area contributed by atoms with Crippen molar-refractivity contribution in [3.63, 3.8) is 0 Å². The van der Waals surface area contributed by atoms with Gasteiger partial charge in [0.05, 0.1) is 5.57 Å². The maximum atomic E-state index is 13.3. The fourth-order valence-electron chi connectivity index (χ4n) is 4.55. The standard InChI is InChI=1S/C26H27ClN4O3/c1-17-23(25(32)34-22-5-3-2-4-6-22)24(31-26(30-17)28-16-29-31)19-9-13-21(14-10-19)33-15-18-7-11-20(27)12-8-18/h7-14,16,22,24H,2-6,15H2,1H3,(H,28,29,30). The van der Waals surface area contributed by atoms with E-state index in [4.69, 9.17) is 21.1 Å². The molecule has 34 heavy (non-hydrogen) atoms. The third-order valence-corrected chi connectivity index (χ3v) is 6.61. The van der Waals surface area contributed by atoms with Crippen molar-refractivity contribution in [2.24, 2.45) is 0 Å². The lowest BCUT2D eigenvalue weighted by Crippen LogP contribution is -2.32. The largest absolute Gasteiger partial charge is 0.489 e. The Hall–Kier alpha value is -3.32. The van der Waals surface area contributed by atoms with Gasteiger partial charge in [0.1, 0.15) is 30.8 Å². The lowest BCUT2D eigenvalue weighted by atomic mass is 9.95. The first kappa shape index (κ1) is 22.5. The van der Waals surface area contributed by atoms with Gasteiger partial charge in [0, 0.05) is 10.7 Å². The molecule has 8 heteroatoms. The normalized spacial score (nSPS) is 18.2. The zero-order chi connectivity index (χ0) is 23.5. The average Bonchev–Trinajstić information content (AvgIpc) is 3.32. The molecule has 2 aliphatic rings. The number of hydrogen-bond donors (Lipinski definition) is 1. The summed E-state index contributed by atoms with van der Waals surface area (Å²) in [7, 11) is 0. The number of esters is 1. The zero-order valence-electron chi connectivity index (χ0n) is 19.0. The minimum absolute atomic E-state index is 0.0250. The molecular weight excluding hydrogens is 452 g/mol. The second-order valence-corrected chi connectivity index (χ2v) is 9.18. The molecule has 0 amide bonds. The number of nitrogens with zero attached hydrogens (tertiary/aromatic N) is 3. The number of anilines is 1. The van der Waals surface area contributed by atoms with E-state index in [0.717, 1.165) is 48.3 Å². The van der Waals surface area contributed by atoms with Crippen LogP contribution in [0.25, 0.3) is 0 Å². The molecule has 1 N–H and O–H groups in total. The fraction of sp³-hybridized carbons (Fsp3) is 0.346.